The molecule has 0 spiro atoms. The number of hydrogen-bond acceptors (Lipinski definition) is 3. The Morgan fingerprint density at radius 3 is 2.71 bits per heavy atom. The van der Waals surface area contributed by atoms with E-state index < -0.39 is 17.5 Å². The largest absolute Gasteiger partial charge is 0.497 e. The molecule has 0 aliphatic rings. The van der Waals surface area contributed by atoms with Crippen LogP contribution in [-0.4, -0.2) is 23.2 Å². The lowest BCUT2D eigenvalue weighted by Gasteiger charge is -2.03. The van der Waals surface area contributed by atoms with Crippen LogP contribution in [0.2, 0.25) is 0 Å². The minimum Gasteiger partial charge on any atom is -0.497 e. The molecule has 0 bridgehead atoms. The van der Waals surface area contributed by atoms with Gasteiger partial charge in [0.05, 0.1) is 12.8 Å². The number of halogens is 2. The van der Waals surface area contributed by atoms with E-state index in [0.717, 1.165) is 17.7 Å². The summed E-state index contributed by atoms with van der Waals surface area (Å²) >= 11 is 0. The van der Waals surface area contributed by atoms with Crippen molar-refractivity contribution in [1.82, 2.24) is 10.2 Å². The number of H-pyrrole nitrogens is 1. The van der Waals surface area contributed by atoms with Gasteiger partial charge in [-0.25, -0.2) is 8.78 Å². The lowest BCUT2D eigenvalue weighted by Crippen LogP contribution is -2.12. The van der Waals surface area contributed by atoms with Gasteiger partial charge in [0.15, 0.2) is 11.6 Å². The monoisotopic (exact) mass is 329 g/mol. The number of hydrogen-bond donors (Lipinski definition) is 2. The fraction of sp³-hybridized carbons (Fsp3) is 0.0588. The molecule has 7 heteroatoms. The number of methoxy groups -OCH3 is 1. The first-order valence-electron chi connectivity index (χ1n) is 7.03. The van der Waals surface area contributed by atoms with E-state index in [2.05, 4.69) is 15.5 Å². The van der Waals surface area contributed by atoms with Crippen molar-refractivity contribution in [1.29, 1.82) is 0 Å². The zero-order valence-electron chi connectivity index (χ0n) is 12.6. The highest BCUT2D eigenvalue weighted by atomic mass is 19.2. The Hall–Kier alpha value is -3.22. The number of aromatic amines is 1. The van der Waals surface area contributed by atoms with E-state index in [0.29, 0.717) is 11.4 Å². The van der Waals surface area contributed by atoms with Crippen LogP contribution in [0.5, 0.6) is 5.75 Å². The molecule has 5 nitrogen and oxygen atoms in total. The van der Waals surface area contributed by atoms with Gasteiger partial charge in [0.2, 0.25) is 0 Å². The molecule has 1 aromatic heterocycles. The summed E-state index contributed by atoms with van der Waals surface area (Å²) in [5.41, 5.74) is 1.68. The van der Waals surface area contributed by atoms with Gasteiger partial charge in [-0.3, -0.25) is 9.89 Å². The maximum Gasteiger partial charge on any atom is 0.273 e. The Bertz CT molecular complexity index is 893. The third-order valence-corrected chi connectivity index (χ3v) is 3.37. The first-order valence-corrected chi connectivity index (χ1v) is 7.03. The zero-order chi connectivity index (χ0) is 17.1. The van der Waals surface area contributed by atoms with Gasteiger partial charge in [0.25, 0.3) is 5.91 Å². The molecule has 1 amide bonds. The van der Waals surface area contributed by atoms with Crippen molar-refractivity contribution in [3.05, 3.63) is 65.9 Å². The van der Waals surface area contributed by atoms with Crippen LogP contribution in [0, 0.1) is 11.6 Å². The van der Waals surface area contributed by atoms with E-state index in [1.165, 1.54) is 6.07 Å². The van der Waals surface area contributed by atoms with Gasteiger partial charge in [-0.15, -0.1) is 0 Å². The maximum atomic E-state index is 13.2. The molecule has 0 aliphatic heterocycles. The number of benzene rings is 2. The van der Waals surface area contributed by atoms with Gasteiger partial charge in [-0.2, -0.15) is 5.10 Å². The highest BCUT2D eigenvalue weighted by Gasteiger charge is 2.13. The molecule has 0 saturated carbocycles. The molecule has 0 radical (unpaired) electrons. The molecular weight excluding hydrogens is 316 g/mol. The van der Waals surface area contributed by atoms with Crippen molar-refractivity contribution >= 4 is 11.6 Å². The summed E-state index contributed by atoms with van der Waals surface area (Å²) in [5.74, 6) is -1.85. The quantitative estimate of drug-likeness (QED) is 0.768. The lowest BCUT2D eigenvalue weighted by atomic mass is 10.1. The van der Waals surface area contributed by atoms with Crippen LogP contribution in [0.3, 0.4) is 0 Å². The molecule has 0 aliphatic carbocycles. The summed E-state index contributed by atoms with van der Waals surface area (Å²) < 4.78 is 31.2. The normalized spacial score (nSPS) is 10.5. The fourth-order valence-corrected chi connectivity index (χ4v) is 2.14. The number of carbonyl (C=O) groups excluding carboxylic acids is 1. The molecule has 0 unspecified atom stereocenters. The third-order valence-electron chi connectivity index (χ3n) is 3.37. The summed E-state index contributed by atoms with van der Waals surface area (Å²) in [4.78, 5) is 12.2. The first kappa shape index (κ1) is 15.7. The molecule has 0 fully saturated rings. The third kappa shape index (κ3) is 3.24. The number of amides is 1. The predicted octanol–water partition coefficient (Wildman–Crippen LogP) is 3.62. The summed E-state index contributed by atoms with van der Waals surface area (Å²) in [7, 11) is 1.56. The van der Waals surface area contributed by atoms with Crippen molar-refractivity contribution in [3.63, 3.8) is 0 Å². The van der Waals surface area contributed by atoms with Gasteiger partial charge < -0.3 is 10.1 Å². The highest BCUT2D eigenvalue weighted by Crippen LogP contribution is 2.23. The van der Waals surface area contributed by atoms with Crippen molar-refractivity contribution < 1.29 is 18.3 Å². The number of aromatic nitrogens is 2. The topological polar surface area (TPSA) is 67.0 Å². The maximum absolute atomic E-state index is 13.2. The van der Waals surface area contributed by atoms with Gasteiger partial charge in [0.1, 0.15) is 11.4 Å². The Morgan fingerprint density at radius 1 is 1.12 bits per heavy atom. The van der Waals surface area contributed by atoms with Gasteiger partial charge in [0, 0.05) is 17.3 Å². The molecule has 122 valence electrons. The molecule has 2 aromatic carbocycles. The number of ether oxygens (including phenoxy) is 1. The smallest absolute Gasteiger partial charge is 0.273 e. The van der Waals surface area contributed by atoms with Crippen molar-refractivity contribution in [3.8, 4) is 17.0 Å². The Labute approximate surface area is 136 Å². The van der Waals surface area contributed by atoms with Crippen LogP contribution in [0.1, 0.15) is 10.5 Å². The minimum absolute atomic E-state index is 0.149. The van der Waals surface area contributed by atoms with Crippen LogP contribution >= 0.6 is 0 Å². The average Bonchev–Trinajstić information content (AvgIpc) is 3.08. The van der Waals surface area contributed by atoms with Crippen LogP contribution in [0.25, 0.3) is 11.3 Å². The van der Waals surface area contributed by atoms with Crippen LogP contribution in [0.4, 0.5) is 14.5 Å². The van der Waals surface area contributed by atoms with Crippen LogP contribution in [0.15, 0.2) is 48.5 Å². The van der Waals surface area contributed by atoms with Gasteiger partial charge >= 0.3 is 0 Å². The summed E-state index contributed by atoms with van der Waals surface area (Å²) in [6, 6.07) is 11.9. The van der Waals surface area contributed by atoms with Gasteiger partial charge in [-0.05, 0) is 30.3 Å². The molecule has 0 saturated heterocycles. The fourth-order valence-electron chi connectivity index (χ4n) is 2.14. The zero-order valence-corrected chi connectivity index (χ0v) is 12.6. The molecule has 1 heterocycles. The average molecular weight is 329 g/mol. The minimum atomic E-state index is -1.03. The molecule has 2 N–H and O–H groups in total. The summed E-state index contributed by atoms with van der Waals surface area (Å²) in [6.07, 6.45) is 0. The van der Waals surface area contributed by atoms with Crippen molar-refractivity contribution in [2.75, 3.05) is 12.4 Å². The van der Waals surface area contributed by atoms with E-state index in [1.807, 2.05) is 12.1 Å². The second-order valence-corrected chi connectivity index (χ2v) is 4.98. The molecular formula is C17H13F2N3O2. The Balaban J connectivity index is 1.79. The number of rotatable bonds is 4. The van der Waals surface area contributed by atoms with Gasteiger partial charge in [-0.1, -0.05) is 12.1 Å². The van der Waals surface area contributed by atoms with E-state index in [9.17, 15) is 13.6 Å². The molecule has 0 atom stereocenters. The predicted molar refractivity (Wildman–Crippen MR) is 84.9 cm³/mol. The number of carbonyl (C=O) groups is 1. The molecule has 3 aromatic rings. The Kier molecular flexibility index (Phi) is 4.24. The first-order chi connectivity index (χ1) is 11.6. The summed E-state index contributed by atoms with van der Waals surface area (Å²) in [6.45, 7) is 0. The van der Waals surface area contributed by atoms with Crippen molar-refractivity contribution in [2.24, 2.45) is 0 Å². The number of anilines is 1. The van der Waals surface area contributed by atoms with E-state index in [1.54, 1.807) is 25.3 Å². The second kappa shape index (κ2) is 6.49. The van der Waals surface area contributed by atoms with Crippen LogP contribution in [-0.2, 0) is 0 Å². The molecule has 3 rings (SSSR count). The van der Waals surface area contributed by atoms with Crippen LogP contribution < -0.4 is 10.1 Å². The SMILES string of the molecule is COc1cccc(-c2cc(C(=O)Nc3ccc(F)c(F)c3)[nH]n2)c1. The highest BCUT2D eigenvalue weighted by molar-refractivity contribution is 6.03. The van der Waals surface area contributed by atoms with E-state index in [-0.39, 0.29) is 11.4 Å². The number of nitrogens with one attached hydrogen (secondary N) is 2. The number of nitrogens with zero attached hydrogens (tertiary/aromatic N) is 1. The van der Waals surface area contributed by atoms with E-state index >= 15 is 0 Å². The molecule has 24 heavy (non-hydrogen) atoms. The van der Waals surface area contributed by atoms with E-state index in [4.69, 9.17) is 4.74 Å². The van der Waals surface area contributed by atoms with Crippen molar-refractivity contribution in [2.45, 2.75) is 0 Å². The Morgan fingerprint density at radius 2 is 1.96 bits per heavy atom. The summed E-state index contributed by atoms with van der Waals surface area (Å²) in [5, 5.41) is 9.17. The second-order valence-electron chi connectivity index (χ2n) is 4.98. The standard InChI is InChI=1S/C17H13F2N3O2/c1-24-12-4-2-3-10(7-12)15-9-16(22-21-15)17(23)20-11-5-6-13(18)14(19)8-11/h2-9H,1H3,(H,20,23)(H,21,22). The lowest BCUT2D eigenvalue weighted by molar-refractivity contribution is 0.102.